The molecule has 6 heteroatoms. The van der Waals surface area contributed by atoms with Gasteiger partial charge >= 0.3 is 5.69 Å². The molecule has 0 spiro atoms. The van der Waals surface area contributed by atoms with Crippen LogP contribution in [0.4, 0.5) is 0 Å². The molecule has 0 amide bonds. The molecule has 3 heterocycles. The van der Waals surface area contributed by atoms with Crippen molar-refractivity contribution in [2.45, 2.75) is 25.3 Å². The number of aromatic nitrogens is 5. The highest BCUT2D eigenvalue weighted by molar-refractivity contribution is 5.91. The monoisotopic (exact) mass is 317 g/mol. The van der Waals surface area contributed by atoms with Crippen molar-refractivity contribution in [2.75, 3.05) is 0 Å². The third kappa shape index (κ3) is 2.03. The van der Waals surface area contributed by atoms with Crippen molar-refractivity contribution in [1.82, 2.24) is 24.1 Å². The number of hydrogen-bond donors (Lipinski definition) is 0. The van der Waals surface area contributed by atoms with Crippen LogP contribution >= 0.6 is 0 Å². The van der Waals surface area contributed by atoms with Crippen molar-refractivity contribution in [2.24, 2.45) is 0 Å². The standard InChI is InChI=1S/C18H15N5O/c24-18-22(11-12-7-9-19-10-8-12)21-17-14-3-1-2-4-15(14)20-16(23(17)18)13-5-6-13/h1-4,7-10,13H,5-6,11H2. The Hall–Kier alpha value is -3.02. The van der Waals surface area contributed by atoms with Crippen molar-refractivity contribution in [1.29, 1.82) is 0 Å². The molecule has 1 saturated carbocycles. The summed E-state index contributed by atoms with van der Waals surface area (Å²) in [5, 5.41) is 5.52. The van der Waals surface area contributed by atoms with Gasteiger partial charge in [0.25, 0.3) is 0 Å². The first-order valence-corrected chi connectivity index (χ1v) is 8.08. The Morgan fingerprint density at radius 1 is 1.08 bits per heavy atom. The lowest BCUT2D eigenvalue weighted by molar-refractivity contribution is 0.653. The molecule has 1 fully saturated rings. The minimum atomic E-state index is -0.123. The maximum absolute atomic E-state index is 12.9. The third-order valence-corrected chi connectivity index (χ3v) is 4.47. The van der Waals surface area contributed by atoms with Crippen LogP contribution < -0.4 is 5.69 Å². The highest BCUT2D eigenvalue weighted by atomic mass is 16.2. The van der Waals surface area contributed by atoms with E-state index in [0.717, 1.165) is 35.1 Å². The van der Waals surface area contributed by atoms with E-state index >= 15 is 0 Å². The van der Waals surface area contributed by atoms with E-state index in [1.54, 1.807) is 16.8 Å². The van der Waals surface area contributed by atoms with Crippen molar-refractivity contribution >= 4 is 16.6 Å². The minimum absolute atomic E-state index is 0.123. The number of pyridine rings is 1. The maximum atomic E-state index is 12.9. The zero-order chi connectivity index (χ0) is 16.1. The van der Waals surface area contributed by atoms with Crippen LogP contribution in [-0.4, -0.2) is 24.1 Å². The van der Waals surface area contributed by atoms with Gasteiger partial charge in [-0.1, -0.05) is 12.1 Å². The van der Waals surface area contributed by atoms with E-state index in [-0.39, 0.29) is 5.69 Å². The molecule has 1 aromatic carbocycles. The van der Waals surface area contributed by atoms with Crippen LogP contribution in [0.2, 0.25) is 0 Å². The molecule has 0 atom stereocenters. The largest absolute Gasteiger partial charge is 0.352 e. The van der Waals surface area contributed by atoms with Gasteiger partial charge in [-0.2, -0.15) is 0 Å². The lowest BCUT2D eigenvalue weighted by atomic mass is 10.2. The Bertz CT molecular complexity index is 1110. The molecule has 118 valence electrons. The summed E-state index contributed by atoms with van der Waals surface area (Å²) in [5.41, 5.74) is 2.47. The molecule has 0 bridgehead atoms. The Morgan fingerprint density at radius 3 is 2.67 bits per heavy atom. The average molecular weight is 317 g/mol. The van der Waals surface area contributed by atoms with Crippen molar-refractivity contribution in [3.05, 3.63) is 70.7 Å². The van der Waals surface area contributed by atoms with Gasteiger partial charge in [-0.15, -0.1) is 5.10 Å². The maximum Gasteiger partial charge on any atom is 0.352 e. The molecule has 0 saturated heterocycles. The van der Waals surface area contributed by atoms with Crippen LogP contribution in [0.25, 0.3) is 16.6 Å². The van der Waals surface area contributed by atoms with Gasteiger partial charge in [0.2, 0.25) is 0 Å². The van der Waals surface area contributed by atoms with Crippen LogP contribution in [0.3, 0.4) is 0 Å². The molecule has 3 aromatic heterocycles. The van der Waals surface area contributed by atoms with E-state index in [4.69, 9.17) is 4.98 Å². The smallest absolute Gasteiger partial charge is 0.265 e. The highest BCUT2D eigenvalue weighted by Gasteiger charge is 2.30. The first-order chi connectivity index (χ1) is 11.8. The Morgan fingerprint density at radius 2 is 1.88 bits per heavy atom. The van der Waals surface area contributed by atoms with Crippen LogP contribution in [0, 0.1) is 0 Å². The predicted molar refractivity (Wildman–Crippen MR) is 90.1 cm³/mol. The SMILES string of the molecule is O=c1n(Cc2ccncc2)nc2c3ccccc3nc(C3CC3)n12. The number of fused-ring (bicyclic) bond motifs is 3. The van der Waals surface area contributed by atoms with Gasteiger partial charge in [0, 0.05) is 23.7 Å². The molecule has 0 aliphatic heterocycles. The van der Waals surface area contributed by atoms with E-state index in [0.29, 0.717) is 18.1 Å². The summed E-state index contributed by atoms with van der Waals surface area (Å²) in [5.74, 6) is 1.21. The Labute approximate surface area is 137 Å². The fourth-order valence-electron chi connectivity index (χ4n) is 3.10. The van der Waals surface area contributed by atoms with E-state index < -0.39 is 0 Å². The van der Waals surface area contributed by atoms with Crippen LogP contribution in [0.5, 0.6) is 0 Å². The molecular formula is C18H15N5O. The van der Waals surface area contributed by atoms with Crippen molar-refractivity contribution in [3.63, 3.8) is 0 Å². The molecule has 4 aromatic rings. The predicted octanol–water partition coefficient (Wildman–Crippen LogP) is 2.36. The summed E-state index contributed by atoms with van der Waals surface area (Å²) >= 11 is 0. The van der Waals surface area contributed by atoms with Crippen LogP contribution in [0.15, 0.2) is 53.6 Å². The number of para-hydroxylation sites is 1. The van der Waals surface area contributed by atoms with Gasteiger partial charge < -0.3 is 0 Å². The molecule has 0 unspecified atom stereocenters. The topological polar surface area (TPSA) is 65.1 Å². The van der Waals surface area contributed by atoms with E-state index in [1.807, 2.05) is 36.4 Å². The van der Waals surface area contributed by atoms with Gasteiger partial charge in [0.05, 0.1) is 12.1 Å². The van der Waals surface area contributed by atoms with E-state index in [9.17, 15) is 4.79 Å². The van der Waals surface area contributed by atoms with Gasteiger partial charge in [-0.05, 0) is 42.7 Å². The molecule has 24 heavy (non-hydrogen) atoms. The van der Waals surface area contributed by atoms with Crippen LogP contribution in [-0.2, 0) is 6.54 Å². The highest BCUT2D eigenvalue weighted by Crippen LogP contribution is 2.39. The second-order valence-electron chi connectivity index (χ2n) is 6.22. The second kappa shape index (κ2) is 4.99. The molecular weight excluding hydrogens is 302 g/mol. The Balaban J connectivity index is 1.78. The van der Waals surface area contributed by atoms with E-state index in [1.165, 1.54) is 4.68 Å². The van der Waals surface area contributed by atoms with Gasteiger partial charge in [-0.3, -0.25) is 4.98 Å². The summed E-state index contributed by atoms with van der Waals surface area (Å²) in [4.78, 5) is 21.7. The first-order valence-electron chi connectivity index (χ1n) is 8.08. The summed E-state index contributed by atoms with van der Waals surface area (Å²) in [7, 11) is 0. The quantitative estimate of drug-likeness (QED) is 0.582. The van der Waals surface area contributed by atoms with E-state index in [2.05, 4.69) is 10.1 Å². The molecule has 5 rings (SSSR count). The molecule has 1 aliphatic rings. The third-order valence-electron chi connectivity index (χ3n) is 4.47. The number of rotatable bonds is 3. The fourth-order valence-corrected chi connectivity index (χ4v) is 3.10. The lowest BCUT2D eigenvalue weighted by Gasteiger charge is -2.04. The van der Waals surface area contributed by atoms with Crippen LogP contribution in [0.1, 0.15) is 30.1 Å². The molecule has 0 radical (unpaired) electrons. The first kappa shape index (κ1) is 13.4. The summed E-state index contributed by atoms with van der Waals surface area (Å²) < 4.78 is 3.21. The van der Waals surface area contributed by atoms with Crippen molar-refractivity contribution < 1.29 is 0 Å². The average Bonchev–Trinajstić information content (AvgIpc) is 3.41. The number of hydrogen-bond acceptors (Lipinski definition) is 4. The van der Waals surface area contributed by atoms with Crippen molar-refractivity contribution in [3.8, 4) is 0 Å². The van der Waals surface area contributed by atoms with Gasteiger partial charge in [0.15, 0.2) is 5.65 Å². The zero-order valence-corrected chi connectivity index (χ0v) is 13.0. The fraction of sp³-hybridized carbons (Fsp3) is 0.222. The molecule has 6 nitrogen and oxygen atoms in total. The number of benzene rings is 1. The summed E-state index contributed by atoms with van der Waals surface area (Å²) in [6.45, 7) is 0.432. The number of nitrogens with zero attached hydrogens (tertiary/aromatic N) is 5. The van der Waals surface area contributed by atoms with Gasteiger partial charge in [-0.25, -0.2) is 18.9 Å². The Kier molecular flexibility index (Phi) is 2.79. The normalized spacial score (nSPS) is 14.5. The zero-order valence-electron chi connectivity index (χ0n) is 13.0. The molecule has 1 aliphatic carbocycles. The summed E-state index contributed by atoms with van der Waals surface area (Å²) in [6.07, 6.45) is 5.62. The van der Waals surface area contributed by atoms with Gasteiger partial charge in [0.1, 0.15) is 5.82 Å². The minimum Gasteiger partial charge on any atom is -0.265 e. The second-order valence-corrected chi connectivity index (χ2v) is 6.22. The lowest BCUT2D eigenvalue weighted by Crippen LogP contribution is -2.23. The molecule has 0 N–H and O–H groups in total. The summed E-state index contributed by atoms with van der Waals surface area (Å²) in [6, 6.07) is 11.7.